The van der Waals surface area contributed by atoms with Crippen molar-refractivity contribution in [1.82, 2.24) is 0 Å². The molecule has 84 valence electrons. The average Bonchev–Trinajstić information content (AvgIpc) is 2.25. The quantitative estimate of drug-likeness (QED) is 0.862. The van der Waals surface area contributed by atoms with E-state index in [4.69, 9.17) is 0 Å². The molecular formula is C12H18BrNO. The summed E-state index contributed by atoms with van der Waals surface area (Å²) in [7, 11) is 0. The molecule has 0 aromatic heterocycles. The molecule has 0 heterocycles. The second-order valence-electron chi connectivity index (χ2n) is 3.83. The van der Waals surface area contributed by atoms with E-state index in [0.29, 0.717) is 5.92 Å². The van der Waals surface area contributed by atoms with Crippen LogP contribution in [0.4, 0.5) is 5.69 Å². The standard InChI is InChI=1S/C12H18BrNO/c1-3-9(2)12(8-15)14-11-6-4-5-10(13)7-11/h4-7,9,12,14-15H,3,8H2,1-2H3. The normalized spacial score (nSPS) is 14.7. The summed E-state index contributed by atoms with van der Waals surface area (Å²) in [5, 5.41) is 12.6. The Labute approximate surface area is 99.8 Å². The summed E-state index contributed by atoms with van der Waals surface area (Å²) in [4.78, 5) is 0. The maximum atomic E-state index is 9.28. The van der Waals surface area contributed by atoms with Gasteiger partial charge in [0.1, 0.15) is 0 Å². The second kappa shape index (κ2) is 6.13. The number of anilines is 1. The third-order valence-corrected chi connectivity index (χ3v) is 3.20. The van der Waals surface area contributed by atoms with Gasteiger partial charge in [-0.3, -0.25) is 0 Å². The van der Waals surface area contributed by atoms with Crippen molar-refractivity contribution in [1.29, 1.82) is 0 Å². The van der Waals surface area contributed by atoms with E-state index in [1.807, 2.05) is 24.3 Å². The Kier molecular flexibility index (Phi) is 5.12. The first-order valence-corrected chi connectivity index (χ1v) is 6.09. The average molecular weight is 272 g/mol. The third kappa shape index (κ3) is 3.84. The fraction of sp³-hybridized carbons (Fsp3) is 0.500. The fourth-order valence-electron chi connectivity index (χ4n) is 1.44. The SMILES string of the molecule is CCC(C)C(CO)Nc1cccc(Br)c1. The van der Waals surface area contributed by atoms with Gasteiger partial charge in [0.15, 0.2) is 0 Å². The molecule has 1 aromatic rings. The molecule has 0 aliphatic heterocycles. The molecule has 2 atom stereocenters. The van der Waals surface area contributed by atoms with Crippen molar-refractivity contribution in [2.45, 2.75) is 26.3 Å². The molecular weight excluding hydrogens is 254 g/mol. The van der Waals surface area contributed by atoms with E-state index < -0.39 is 0 Å². The summed E-state index contributed by atoms with van der Waals surface area (Å²) >= 11 is 3.43. The number of benzene rings is 1. The van der Waals surface area contributed by atoms with Crippen molar-refractivity contribution in [2.75, 3.05) is 11.9 Å². The minimum Gasteiger partial charge on any atom is -0.394 e. The van der Waals surface area contributed by atoms with E-state index in [2.05, 4.69) is 35.1 Å². The highest BCUT2D eigenvalue weighted by Gasteiger charge is 2.14. The Balaban J connectivity index is 2.66. The van der Waals surface area contributed by atoms with Gasteiger partial charge in [-0.05, 0) is 24.1 Å². The number of hydrogen-bond donors (Lipinski definition) is 2. The van der Waals surface area contributed by atoms with Crippen LogP contribution in [0.1, 0.15) is 20.3 Å². The van der Waals surface area contributed by atoms with Gasteiger partial charge in [0.05, 0.1) is 12.6 Å². The largest absolute Gasteiger partial charge is 0.394 e. The molecule has 1 aromatic carbocycles. The highest BCUT2D eigenvalue weighted by molar-refractivity contribution is 9.10. The van der Waals surface area contributed by atoms with Gasteiger partial charge in [0.25, 0.3) is 0 Å². The van der Waals surface area contributed by atoms with Crippen molar-refractivity contribution in [3.63, 3.8) is 0 Å². The Morgan fingerprint density at radius 3 is 2.73 bits per heavy atom. The van der Waals surface area contributed by atoms with Gasteiger partial charge in [-0.25, -0.2) is 0 Å². The zero-order valence-electron chi connectivity index (χ0n) is 9.20. The van der Waals surface area contributed by atoms with Crippen LogP contribution < -0.4 is 5.32 Å². The molecule has 0 aliphatic carbocycles. The van der Waals surface area contributed by atoms with Crippen LogP contribution in [0.15, 0.2) is 28.7 Å². The molecule has 2 nitrogen and oxygen atoms in total. The minimum absolute atomic E-state index is 0.129. The number of nitrogens with one attached hydrogen (secondary N) is 1. The summed E-state index contributed by atoms with van der Waals surface area (Å²) in [6.07, 6.45) is 1.06. The Morgan fingerprint density at radius 2 is 2.20 bits per heavy atom. The van der Waals surface area contributed by atoms with Crippen molar-refractivity contribution in [2.24, 2.45) is 5.92 Å². The van der Waals surface area contributed by atoms with Crippen molar-refractivity contribution < 1.29 is 5.11 Å². The first-order valence-electron chi connectivity index (χ1n) is 5.30. The second-order valence-corrected chi connectivity index (χ2v) is 4.74. The van der Waals surface area contributed by atoms with Crippen LogP contribution >= 0.6 is 15.9 Å². The van der Waals surface area contributed by atoms with Gasteiger partial charge in [0.2, 0.25) is 0 Å². The number of halogens is 1. The Morgan fingerprint density at radius 1 is 1.47 bits per heavy atom. The lowest BCUT2D eigenvalue weighted by atomic mass is 10.00. The van der Waals surface area contributed by atoms with Gasteiger partial charge < -0.3 is 10.4 Å². The lowest BCUT2D eigenvalue weighted by Crippen LogP contribution is -2.30. The van der Waals surface area contributed by atoms with E-state index in [-0.39, 0.29) is 12.6 Å². The molecule has 0 fully saturated rings. The van der Waals surface area contributed by atoms with Gasteiger partial charge in [-0.1, -0.05) is 42.3 Å². The summed E-state index contributed by atoms with van der Waals surface area (Å²) in [5.41, 5.74) is 1.05. The van der Waals surface area contributed by atoms with Crippen molar-refractivity contribution in [3.8, 4) is 0 Å². The first kappa shape index (κ1) is 12.5. The number of rotatable bonds is 5. The van der Waals surface area contributed by atoms with Crippen LogP contribution in [0, 0.1) is 5.92 Å². The molecule has 1 rings (SSSR count). The summed E-state index contributed by atoms with van der Waals surface area (Å²) in [5.74, 6) is 0.467. The number of aliphatic hydroxyl groups excluding tert-OH is 1. The molecule has 0 saturated carbocycles. The minimum atomic E-state index is 0.129. The number of hydrogen-bond acceptors (Lipinski definition) is 2. The molecule has 0 aliphatic rings. The fourth-order valence-corrected chi connectivity index (χ4v) is 1.84. The van der Waals surface area contributed by atoms with Crippen LogP contribution in [0.25, 0.3) is 0 Å². The highest BCUT2D eigenvalue weighted by atomic mass is 79.9. The smallest absolute Gasteiger partial charge is 0.0635 e. The highest BCUT2D eigenvalue weighted by Crippen LogP contribution is 2.19. The van der Waals surface area contributed by atoms with Crippen LogP contribution in [0.2, 0.25) is 0 Å². The van der Waals surface area contributed by atoms with E-state index >= 15 is 0 Å². The van der Waals surface area contributed by atoms with E-state index in [9.17, 15) is 5.11 Å². The molecule has 2 N–H and O–H groups in total. The maximum absolute atomic E-state index is 9.28. The van der Waals surface area contributed by atoms with Crippen molar-refractivity contribution in [3.05, 3.63) is 28.7 Å². The first-order chi connectivity index (χ1) is 7.17. The molecule has 0 amide bonds. The number of aliphatic hydroxyl groups is 1. The molecule has 0 spiro atoms. The van der Waals surface area contributed by atoms with Crippen LogP contribution in [0.3, 0.4) is 0 Å². The summed E-state index contributed by atoms with van der Waals surface area (Å²) in [6, 6.07) is 8.13. The van der Waals surface area contributed by atoms with Crippen LogP contribution in [0.5, 0.6) is 0 Å². The molecule has 0 radical (unpaired) electrons. The Bertz CT molecular complexity index is 303. The Hall–Kier alpha value is -0.540. The maximum Gasteiger partial charge on any atom is 0.0635 e. The van der Waals surface area contributed by atoms with Gasteiger partial charge >= 0.3 is 0 Å². The van der Waals surface area contributed by atoms with Gasteiger partial charge in [-0.2, -0.15) is 0 Å². The predicted octanol–water partition coefficient (Wildman–Crippen LogP) is 3.27. The van der Waals surface area contributed by atoms with E-state index in [1.165, 1.54) is 0 Å². The van der Waals surface area contributed by atoms with Gasteiger partial charge in [-0.15, -0.1) is 0 Å². The lowest BCUT2D eigenvalue weighted by Gasteiger charge is -2.23. The zero-order chi connectivity index (χ0) is 11.3. The molecule has 0 bridgehead atoms. The van der Waals surface area contributed by atoms with Crippen LogP contribution in [-0.4, -0.2) is 17.8 Å². The van der Waals surface area contributed by atoms with Crippen LogP contribution in [-0.2, 0) is 0 Å². The van der Waals surface area contributed by atoms with E-state index in [1.54, 1.807) is 0 Å². The summed E-state index contributed by atoms with van der Waals surface area (Å²) in [6.45, 7) is 4.45. The molecule has 3 heteroatoms. The summed E-state index contributed by atoms with van der Waals surface area (Å²) < 4.78 is 1.05. The lowest BCUT2D eigenvalue weighted by molar-refractivity contribution is 0.241. The van der Waals surface area contributed by atoms with Crippen molar-refractivity contribution >= 4 is 21.6 Å². The van der Waals surface area contributed by atoms with Gasteiger partial charge in [0, 0.05) is 10.2 Å². The molecule has 0 saturated heterocycles. The topological polar surface area (TPSA) is 32.3 Å². The molecule has 2 unspecified atom stereocenters. The molecule has 15 heavy (non-hydrogen) atoms. The monoisotopic (exact) mass is 271 g/mol. The zero-order valence-corrected chi connectivity index (χ0v) is 10.8. The van der Waals surface area contributed by atoms with E-state index in [0.717, 1.165) is 16.6 Å². The predicted molar refractivity (Wildman–Crippen MR) is 68.1 cm³/mol. The third-order valence-electron chi connectivity index (χ3n) is 2.70.